The minimum Gasteiger partial charge on any atom is -0.317 e. The maximum Gasteiger partial charge on any atom is 0.324 e. The Morgan fingerprint density at radius 2 is 1.76 bits per heavy atom. The molecule has 10 heteroatoms. The molecule has 0 saturated carbocycles. The molecule has 2 aromatic carbocycles. The first-order valence-electron chi connectivity index (χ1n) is 13.9. The molecule has 5 rings (SSSR count). The molecular formula is C31H37N5O3S2. The number of urea groups is 1. The summed E-state index contributed by atoms with van der Waals surface area (Å²) < 4.78 is 29.8. The molecule has 3 N–H and O–H groups in total. The van der Waals surface area contributed by atoms with Crippen molar-refractivity contribution in [3.63, 3.8) is 0 Å². The van der Waals surface area contributed by atoms with Crippen LogP contribution < -0.4 is 16.0 Å². The normalized spacial score (nSPS) is 15.4. The number of amides is 2. The standard InChI is InChI=1S/C31H37N5O3S2/c1-21-10-12-25(13-11-21)36-27(20-26(35-36)31(2,3)4)34-30(37)33-24-8-5-7-23(19-24)29(22-14-16-32-17-15-22)41(38,39)28-9-6-18-40-28/h5-13,18-20,22,29,32H,14-17H2,1-4H3,(H2,33,34,37). The van der Waals surface area contributed by atoms with E-state index in [1.54, 1.807) is 40.4 Å². The minimum atomic E-state index is -3.60. The number of rotatable bonds is 7. The maximum absolute atomic E-state index is 13.8. The fourth-order valence-electron chi connectivity index (χ4n) is 5.19. The smallest absolute Gasteiger partial charge is 0.317 e. The zero-order valence-corrected chi connectivity index (χ0v) is 25.5. The van der Waals surface area contributed by atoms with E-state index in [4.69, 9.17) is 5.10 Å². The van der Waals surface area contributed by atoms with Gasteiger partial charge in [-0.25, -0.2) is 17.9 Å². The summed E-state index contributed by atoms with van der Waals surface area (Å²) in [6.07, 6.45) is 1.54. The molecule has 1 fully saturated rings. The lowest BCUT2D eigenvalue weighted by molar-refractivity contribution is 0.262. The number of sulfone groups is 1. The van der Waals surface area contributed by atoms with Crippen molar-refractivity contribution in [1.82, 2.24) is 15.1 Å². The Balaban J connectivity index is 1.42. The summed E-state index contributed by atoms with van der Waals surface area (Å²) in [5.41, 5.74) is 3.81. The number of nitrogens with one attached hydrogen (secondary N) is 3. The van der Waals surface area contributed by atoms with Gasteiger partial charge in [0.25, 0.3) is 0 Å². The van der Waals surface area contributed by atoms with Crippen LogP contribution in [0, 0.1) is 12.8 Å². The highest BCUT2D eigenvalue weighted by atomic mass is 32.2. The van der Waals surface area contributed by atoms with Crippen LogP contribution in [0.5, 0.6) is 0 Å². The molecular weight excluding hydrogens is 555 g/mol. The van der Waals surface area contributed by atoms with Gasteiger partial charge in [0.1, 0.15) is 10.0 Å². The Bertz CT molecular complexity index is 1600. The van der Waals surface area contributed by atoms with Crippen LogP contribution in [0.4, 0.5) is 16.3 Å². The van der Waals surface area contributed by atoms with E-state index in [1.165, 1.54) is 11.3 Å². The van der Waals surface area contributed by atoms with E-state index in [0.717, 1.165) is 42.9 Å². The SMILES string of the molecule is Cc1ccc(-n2nc(C(C)(C)C)cc2NC(=O)Nc2cccc(C(C3CCNCC3)S(=O)(=O)c3cccs3)c2)cc1. The number of aromatic nitrogens is 2. The third-order valence-electron chi connectivity index (χ3n) is 7.39. The third kappa shape index (κ3) is 6.55. The molecule has 1 aliphatic heterocycles. The van der Waals surface area contributed by atoms with Gasteiger partial charge in [0.2, 0.25) is 0 Å². The molecule has 8 nitrogen and oxygen atoms in total. The summed E-state index contributed by atoms with van der Waals surface area (Å²) in [7, 11) is -3.60. The molecule has 2 amide bonds. The van der Waals surface area contributed by atoms with Gasteiger partial charge in [-0.05, 0) is 80.0 Å². The Kier molecular flexibility index (Phi) is 8.35. The van der Waals surface area contributed by atoms with Crippen molar-refractivity contribution in [1.29, 1.82) is 0 Å². The summed E-state index contributed by atoms with van der Waals surface area (Å²) in [6, 6.07) is 20.1. The molecule has 0 radical (unpaired) electrons. The molecule has 216 valence electrons. The van der Waals surface area contributed by atoms with E-state index in [9.17, 15) is 13.2 Å². The number of hydrogen-bond acceptors (Lipinski definition) is 6. The number of anilines is 2. The van der Waals surface area contributed by atoms with E-state index >= 15 is 0 Å². The molecule has 1 unspecified atom stereocenters. The number of nitrogens with zero attached hydrogens (tertiary/aromatic N) is 2. The van der Waals surface area contributed by atoms with Crippen LogP contribution in [0.2, 0.25) is 0 Å². The molecule has 0 bridgehead atoms. The van der Waals surface area contributed by atoms with E-state index < -0.39 is 21.1 Å². The fraction of sp³-hybridized carbons (Fsp3) is 0.355. The zero-order chi connectivity index (χ0) is 29.2. The maximum atomic E-state index is 13.8. The molecule has 41 heavy (non-hydrogen) atoms. The van der Waals surface area contributed by atoms with Crippen molar-refractivity contribution in [2.75, 3.05) is 23.7 Å². The average Bonchev–Trinajstić information content (AvgIpc) is 3.61. The van der Waals surface area contributed by atoms with Gasteiger partial charge in [0.05, 0.1) is 16.6 Å². The second-order valence-corrected chi connectivity index (χ2v) is 14.8. The Labute approximate surface area is 246 Å². The molecule has 2 aromatic heterocycles. The number of piperidine rings is 1. The summed E-state index contributed by atoms with van der Waals surface area (Å²) in [4.78, 5) is 13.3. The molecule has 0 spiro atoms. The zero-order valence-electron chi connectivity index (χ0n) is 23.8. The lowest BCUT2D eigenvalue weighted by atomic mass is 9.90. The molecule has 4 aromatic rings. The van der Waals surface area contributed by atoms with Gasteiger partial charge < -0.3 is 10.6 Å². The van der Waals surface area contributed by atoms with Gasteiger partial charge >= 0.3 is 6.03 Å². The van der Waals surface area contributed by atoms with Crippen molar-refractivity contribution in [2.24, 2.45) is 5.92 Å². The third-order valence-corrected chi connectivity index (χ3v) is 11.1. The van der Waals surface area contributed by atoms with Crippen LogP contribution in [0.25, 0.3) is 5.69 Å². The lowest BCUT2D eigenvalue weighted by Crippen LogP contribution is -2.33. The van der Waals surface area contributed by atoms with E-state index in [-0.39, 0.29) is 11.3 Å². The highest BCUT2D eigenvalue weighted by Gasteiger charge is 2.37. The number of aryl methyl sites for hydroxylation is 1. The number of carbonyl (C=O) groups is 1. The average molecular weight is 592 g/mol. The van der Waals surface area contributed by atoms with Gasteiger partial charge in [-0.15, -0.1) is 11.3 Å². The summed E-state index contributed by atoms with van der Waals surface area (Å²) in [6.45, 7) is 9.82. The molecule has 1 aliphatic rings. The fourth-order valence-corrected chi connectivity index (χ4v) is 8.46. The number of thiophene rings is 1. The summed E-state index contributed by atoms with van der Waals surface area (Å²) >= 11 is 1.25. The predicted molar refractivity (Wildman–Crippen MR) is 166 cm³/mol. The number of hydrogen-bond donors (Lipinski definition) is 3. The quantitative estimate of drug-likeness (QED) is 0.222. The minimum absolute atomic E-state index is 0.0212. The van der Waals surface area contributed by atoms with Crippen molar-refractivity contribution >= 4 is 38.7 Å². The van der Waals surface area contributed by atoms with E-state index in [1.807, 2.05) is 43.3 Å². The van der Waals surface area contributed by atoms with Crippen LogP contribution >= 0.6 is 11.3 Å². The van der Waals surface area contributed by atoms with Gasteiger partial charge in [-0.1, -0.05) is 56.7 Å². The highest BCUT2D eigenvalue weighted by Crippen LogP contribution is 2.41. The first kappa shape index (κ1) is 29.0. The van der Waals surface area contributed by atoms with Crippen LogP contribution in [-0.4, -0.2) is 37.3 Å². The Hall–Kier alpha value is -3.47. The predicted octanol–water partition coefficient (Wildman–Crippen LogP) is 6.70. The Morgan fingerprint density at radius 1 is 1.02 bits per heavy atom. The van der Waals surface area contributed by atoms with Crippen LogP contribution in [0.15, 0.2) is 76.3 Å². The van der Waals surface area contributed by atoms with E-state index in [0.29, 0.717) is 21.3 Å². The summed E-state index contributed by atoms with van der Waals surface area (Å²) in [5, 5.41) is 15.1. The largest absolute Gasteiger partial charge is 0.324 e. The van der Waals surface area contributed by atoms with Gasteiger partial charge in [0, 0.05) is 17.2 Å². The molecule has 0 aliphatic carbocycles. The second kappa shape index (κ2) is 11.8. The van der Waals surface area contributed by atoms with Gasteiger partial charge in [0.15, 0.2) is 9.84 Å². The van der Waals surface area contributed by atoms with Gasteiger partial charge in [-0.3, -0.25) is 5.32 Å². The number of carbonyl (C=O) groups excluding carboxylic acids is 1. The van der Waals surface area contributed by atoms with Crippen molar-refractivity contribution < 1.29 is 13.2 Å². The topological polar surface area (TPSA) is 105 Å². The second-order valence-electron chi connectivity index (χ2n) is 11.6. The molecule has 1 atom stereocenters. The Morgan fingerprint density at radius 3 is 2.41 bits per heavy atom. The highest BCUT2D eigenvalue weighted by molar-refractivity contribution is 7.93. The van der Waals surface area contributed by atoms with Crippen LogP contribution in [-0.2, 0) is 15.3 Å². The van der Waals surface area contributed by atoms with Crippen molar-refractivity contribution in [2.45, 2.75) is 55.4 Å². The molecule has 3 heterocycles. The van der Waals surface area contributed by atoms with Crippen molar-refractivity contribution in [3.8, 4) is 5.69 Å². The van der Waals surface area contributed by atoms with E-state index in [2.05, 4.69) is 36.7 Å². The van der Waals surface area contributed by atoms with Crippen LogP contribution in [0.3, 0.4) is 0 Å². The van der Waals surface area contributed by atoms with Gasteiger partial charge in [-0.2, -0.15) is 5.10 Å². The number of benzene rings is 2. The lowest BCUT2D eigenvalue weighted by Gasteiger charge is -2.30. The van der Waals surface area contributed by atoms with Crippen LogP contribution in [0.1, 0.15) is 55.7 Å². The van der Waals surface area contributed by atoms with Crippen molar-refractivity contribution in [3.05, 3.63) is 88.9 Å². The first-order valence-corrected chi connectivity index (χ1v) is 16.3. The molecule has 1 saturated heterocycles. The summed E-state index contributed by atoms with van der Waals surface area (Å²) in [5.74, 6) is 0.521. The monoisotopic (exact) mass is 591 g/mol. The first-order chi connectivity index (χ1) is 19.5.